The van der Waals surface area contributed by atoms with Crippen molar-refractivity contribution in [2.45, 2.75) is 69.4 Å². The molecule has 4 nitrogen and oxygen atoms in total. The van der Waals surface area contributed by atoms with E-state index in [-0.39, 0.29) is 5.54 Å². The molecule has 0 heterocycles. The van der Waals surface area contributed by atoms with Crippen LogP contribution >= 0.6 is 0 Å². The van der Waals surface area contributed by atoms with E-state index in [9.17, 15) is 8.42 Å². The van der Waals surface area contributed by atoms with Crippen molar-refractivity contribution in [3.05, 3.63) is 29.3 Å². The lowest BCUT2D eigenvalue weighted by Gasteiger charge is -2.34. The van der Waals surface area contributed by atoms with Gasteiger partial charge in [-0.25, -0.2) is 13.1 Å². The number of aryl methyl sites for hydroxylation is 1. The lowest BCUT2D eigenvalue weighted by Crippen LogP contribution is -2.47. The van der Waals surface area contributed by atoms with Gasteiger partial charge in [0.05, 0.1) is 4.90 Å². The topological polar surface area (TPSA) is 72.2 Å². The molecule has 0 spiro atoms. The van der Waals surface area contributed by atoms with Crippen molar-refractivity contribution < 1.29 is 8.42 Å². The van der Waals surface area contributed by atoms with E-state index in [4.69, 9.17) is 5.73 Å². The zero-order valence-electron chi connectivity index (χ0n) is 13.0. The number of hydrogen-bond donors (Lipinski definition) is 2. The predicted octanol–water partition coefficient (Wildman–Crippen LogP) is 2.71. The lowest BCUT2D eigenvalue weighted by molar-refractivity contribution is 0.294. The second-order valence-corrected chi connectivity index (χ2v) is 7.88. The van der Waals surface area contributed by atoms with Crippen molar-refractivity contribution in [2.75, 3.05) is 0 Å². The van der Waals surface area contributed by atoms with Crippen LogP contribution in [0, 0.1) is 0 Å². The van der Waals surface area contributed by atoms with E-state index in [1.165, 1.54) is 6.42 Å². The third kappa shape index (κ3) is 3.84. The molecule has 2 rings (SSSR count). The molecule has 1 aromatic rings. The average Bonchev–Trinajstić information content (AvgIpc) is 2.46. The van der Waals surface area contributed by atoms with Crippen LogP contribution in [0.2, 0.25) is 0 Å². The molecule has 0 amide bonds. The van der Waals surface area contributed by atoms with E-state index in [1.807, 2.05) is 26.0 Å². The van der Waals surface area contributed by atoms with Crippen LogP contribution in [-0.2, 0) is 23.0 Å². The summed E-state index contributed by atoms with van der Waals surface area (Å²) in [7, 11) is -3.50. The first-order chi connectivity index (χ1) is 9.90. The second kappa shape index (κ2) is 6.46. The molecule has 3 N–H and O–H groups in total. The Labute approximate surface area is 128 Å². The maximum absolute atomic E-state index is 12.8. The maximum Gasteiger partial charge on any atom is 0.241 e. The van der Waals surface area contributed by atoms with Crippen molar-refractivity contribution in [1.82, 2.24) is 4.72 Å². The number of nitrogens with one attached hydrogen (secondary N) is 1. The SMILES string of the molecule is CCc1ccc(CN)cc1S(=O)(=O)NC1(C)CCCCC1. The second-order valence-electron chi connectivity index (χ2n) is 6.23. The third-order valence-corrected chi connectivity index (χ3v) is 6.10. The summed E-state index contributed by atoms with van der Waals surface area (Å²) >= 11 is 0. The molecule has 0 aliphatic heterocycles. The first-order valence-corrected chi connectivity index (χ1v) is 9.24. The summed E-state index contributed by atoms with van der Waals surface area (Å²) in [6.07, 6.45) is 5.87. The maximum atomic E-state index is 12.8. The molecule has 21 heavy (non-hydrogen) atoms. The zero-order chi connectivity index (χ0) is 15.5. The van der Waals surface area contributed by atoms with Crippen LogP contribution < -0.4 is 10.5 Å². The molecule has 0 atom stereocenters. The Bertz CT molecular complexity index is 590. The third-order valence-electron chi connectivity index (χ3n) is 4.38. The highest BCUT2D eigenvalue weighted by Gasteiger charge is 2.32. The smallest absolute Gasteiger partial charge is 0.241 e. The van der Waals surface area contributed by atoms with Crippen LogP contribution in [-0.4, -0.2) is 14.0 Å². The monoisotopic (exact) mass is 310 g/mol. The van der Waals surface area contributed by atoms with Gasteiger partial charge in [0.25, 0.3) is 0 Å². The fraction of sp³-hybridized carbons (Fsp3) is 0.625. The first-order valence-electron chi connectivity index (χ1n) is 7.76. The summed E-state index contributed by atoms with van der Waals surface area (Å²) in [6.45, 7) is 4.34. The van der Waals surface area contributed by atoms with Crippen LogP contribution in [0.5, 0.6) is 0 Å². The lowest BCUT2D eigenvalue weighted by atomic mass is 9.84. The molecule has 0 bridgehead atoms. The molecule has 1 saturated carbocycles. The van der Waals surface area contributed by atoms with Gasteiger partial charge in [-0.3, -0.25) is 0 Å². The van der Waals surface area contributed by atoms with Crippen molar-refractivity contribution in [3.63, 3.8) is 0 Å². The fourth-order valence-electron chi connectivity index (χ4n) is 3.08. The molecule has 1 aromatic carbocycles. The van der Waals surface area contributed by atoms with Crippen LogP contribution in [0.3, 0.4) is 0 Å². The van der Waals surface area contributed by atoms with Crippen LogP contribution in [0.25, 0.3) is 0 Å². The van der Waals surface area contributed by atoms with Crippen molar-refractivity contribution in [1.29, 1.82) is 0 Å². The highest BCUT2D eigenvalue weighted by molar-refractivity contribution is 7.89. The van der Waals surface area contributed by atoms with Gasteiger partial charge in [-0.1, -0.05) is 38.3 Å². The Morgan fingerprint density at radius 2 is 1.90 bits per heavy atom. The molecule has 118 valence electrons. The van der Waals surface area contributed by atoms with Gasteiger partial charge in [-0.05, 0) is 43.4 Å². The summed E-state index contributed by atoms with van der Waals surface area (Å²) in [5.41, 5.74) is 7.02. The standard InChI is InChI=1S/C16H26N2O2S/c1-3-14-8-7-13(12-17)11-15(14)21(19,20)18-16(2)9-5-4-6-10-16/h7-8,11,18H,3-6,9-10,12,17H2,1-2H3. The minimum absolute atomic E-state index is 0.319. The molecule has 5 heteroatoms. The van der Waals surface area contributed by atoms with Gasteiger partial charge in [-0.15, -0.1) is 0 Å². The highest BCUT2D eigenvalue weighted by Crippen LogP contribution is 2.30. The number of sulfonamides is 1. The number of nitrogens with two attached hydrogens (primary N) is 1. The van der Waals surface area contributed by atoms with Crippen molar-refractivity contribution in [3.8, 4) is 0 Å². The Balaban J connectivity index is 2.34. The van der Waals surface area contributed by atoms with Gasteiger partial charge in [0.1, 0.15) is 0 Å². The van der Waals surface area contributed by atoms with Gasteiger partial charge >= 0.3 is 0 Å². The van der Waals surface area contributed by atoms with E-state index in [2.05, 4.69) is 4.72 Å². The number of hydrogen-bond acceptors (Lipinski definition) is 3. The number of benzene rings is 1. The molecule has 0 radical (unpaired) electrons. The summed E-state index contributed by atoms with van der Waals surface area (Å²) in [5.74, 6) is 0. The van der Waals surface area contributed by atoms with E-state index in [1.54, 1.807) is 6.07 Å². The van der Waals surface area contributed by atoms with Crippen LogP contribution in [0.4, 0.5) is 0 Å². The molecule has 1 aliphatic rings. The van der Waals surface area contributed by atoms with Crippen molar-refractivity contribution >= 4 is 10.0 Å². The molecular formula is C16H26N2O2S. The van der Waals surface area contributed by atoms with Crippen LogP contribution in [0.1, 0.15) is 57.1 Å². The molecular weight excluding hydrogens is 284 g/mol. The molecule has 0 saturated heterocycles. The van der Waals surface area contributed by atoms with Gasteiger partial charge < -0.3 is 5.73 Å². The van der Waals surface area contributed by atoms with E-state index in [0.717, 1.165) is 36.8 Å². The minimum atomic E-state index is -3.50. The Kier molecular flexibility index (Phi) is 5.07. The Morgan fingerprint density at radius 3 is 2.48 bits per heavy atom. The summed E-state index contributed by atoms with van der Waals surface area (Å²) in [4.78, 5) is 0.389. The Morgan fingerprint density at radius 1 is 1.24 bits per heavy atom. The molecule has 1 fully saturated rings. The largest absolute Gasteiger partial charge is 0.326 e. The predicted molar refractivity (Wildman–Crippen MR) is 85.5 cm³/mol. The van der Waals surface area contributed by atoms with Crippen molar-refractivity contribution in [2.24, 2.45) is 5.73 Å². The van der Waals surface area contributed by atoms with Gasteiger partial charge in [0.2, 0.25) is 10.0 Å². The minimum Gasteiger partial charge on any atom is -0.326 e. The van der Waals surface area contributed by atoms with E-state index in [0.29, 0.717) is 17.9 Å². The first kappa shape index (κ1) is 16.5. The fourth-order valence-corrected chi connectivity index (χ4v) is 4.91. The summed E-state index contributed by atoms with van der Waals surface area (Å²) in [6, 6.07) is 5.49. The van der Waals surface area contributed by atoms with Gasteiger partial charge in [-0.2, -0.15) is 0 Å². The summed E-state index contributed by atoms with van der Waals surface area (Å²) < 4.78 is 28.5. The number of rotatable bonds is 5. The average molecular weight is 310 g/mol. The van der Waals surface area contributed by atoms with E-state index < -0.39 is 10.0 Å². The molecule has 0 aromatic heterocycles. The summed E-state index contributed by atoms with van der Waals surface area (Å²) in [5, 5.41) is 0. The van der Waals surface area contributed by atoms with E-state index >= 15 is 0 Å². The molecule has 0 unspecified atom stereocenters. The van der Waals surface area contributed by atoms with Gasteiger partial charge in [0.15, 0.2) is 0 Å². The Hall–Kier alpha value is -0.910. The zero-order valence-corrected chi connectivity index (χ0v) is 13.8. The normalized spacial score (nSPS) is 18.6. The molecule has 1 aliphatic carbocycles. The van der Waals surface area contributed by atoms with Gasteiger partial charge in [0, 0.05) is 12.1 Å². The van der Waals surface area contributed by atoms with Crippen LogP contribution in [0.15, 0.2) is 23.1 Å². The highest BCUT2D eigenvalue weighted by atomic mass is 32.2. The quantitative estimate of drug-likeness (QED) is 0.878.